The average Bonchev–Trinajstić information content (AvgIpc) is 2.39. The number of piperidine rings is 1. The molecular weight excluding hydrogens is 246 g/mol. The summed E-state index contributed by atoms with van der Waals surface area (Å²) < 4.78 is 5.25. The molecule has 6 nitrogen and oxygen atoms in total. The molecule has 0 aromatic rings. The van der Waals surface area contributed by atoms with Crippen LogP contribution in [0.15, 0.2) is 0 Å². The van der Waals surface area contributed by atoms with E-state index >= 15 is 0 Å². The lowest BCUT2D eigenvalue weighted by atomic mass is 10.1. The van der Waals surface area contributed by atoms with Crippen LogP contribution in [-0.2, 0) is 14.3 Å². The minimum absolute atomic E-state index is 0.00589. The SMILES string of the molecule is CC(=O)N[C@@H]1CCCN(CC(=O)N2CCOCC2)C1. The van der Waals surface area contributed by atoms with E-state index in [1.165, 1.54) is 6.92 Å². The van der Waals surface area contributed by atoms with Gasteiger partial charge in [0.1, 0.15) is 0 Å². The highest BCUT2D eigenvalue weighted by Gasteiger charge is 2.24. The summed E-state index contributed by atoms with van der Waals surface area (Å²) in [6.45, 7) is 6.37. The number of rotatable bonds is 3. The van der Waals surface area contributed by atoms with Crippen LogP contribution in [0.5, 0.6) is 0 Å². The zero-order valence-electron chi connectivity index (χ0n) is 11.6. The van der Waals surface area contributed by atoms with E-state index in [1.807, 2.05) is 4.90 Å². The van der Waals surface area contributed by atoms with E-state index in [1.54, 1.807) is 0 Å². The molecule has 0 unspecified atom stereocenters. The summed E-state index contributed by atoms with van der Waals surface area (Å²) in [5, 5.41) is 2.94. The highest BCUT2D eigenvalue weighted by Crippen LogP contribution is 2.10. The number of likely N-dealkylation sites (tertiary alicyclic amines) is 1. The fraction of sp³-hybridized carbons (Fsp3) is 0.846. The molecule has 108 valence electrons. The molecule has 1 atom stereocenters. The predicted molar refractivity (Wildman–Crippen MR) is 70.7 cm³/mol. The Morgan fingerprint density at radius 2 is 2.00 bits per heavy atom. The topological polar surface area (TPSA) is 61.9 Å². The lowest BCUT2D eigenvalue weighted by molar-refractivity contribution is -0.136. The summed E-state index contributed by atoms with van der Waals surface area (Å²) in [4.78, 5) is 27.2. The van der Waals surface area contributed by atoms with Crippen molar-refractivity contribution >= 4 is 11.8 Å². The molecule has 2 saturated heterocycles. The lowest BCUT2D eigenvalue weighted by Gasteiger charge is -2.34. The summed E-state index contributed by atoms with van der Waals surface area (Å²) >= 11 is 0. The number of hydrogen-bond acceptors (Lipinski definition) is 4. The first-order valence-corrected chi connectivity index (χ1v) is 7.00. The van der Waals surface area contributed by atoms with Gasteiger partial charge in [0.05, 0.1) is 19.8 Å². The first-order chi connectivity index (χ1) is 9.15. The number of carbonyl (C=O) groups is 2. The first kappa shape index (κ1) is 14.3. The van der Waals surface area contributed by atoms with Gasteiger partial charge >= 0.3 is 0 Å². The third kappa shape index (κ3) is 4.47. The van der Waals surface area contributed by atoms with Crippen molar-refractivity contribution in [2.45, 2.75) is 25.8 Å². The standard InChI is InChI=1S/C13H23N3O3/c1-11(17)14-12-3-2-4-15(9-12)10-13(18)16-5-7-19-8-6-16/h12H,2-10H2,1H3,(H,14,17)/t12-/m1/s1. The summed E-state index contributed by atoms with van der Waals surface area (Å²) in [6, 6.07) is 0.184. The molecule has 0 saturated carbocycles. The highest BCUT2D eigenvalue weighted by atomic mass is 16.5. The molecule has 2 fully saturated rings. The summed E-state index contributed by atoms with van der Waals surface area (Å²) in [6.07, 6.45) is 2.03. The van der Waals surface area contributed by atoms with Gasteiger partial charge in [-0.05, 0) is 19.4 Å². The van der Waals surface area contributed by atoms with E-state index in [0.717, 1.165) is 25.9 Å². The normalized spacial score (nSPS) is 25.1. The Bertz CT molecular complexity index is 329. The minimum Gasteiger partial charge on any atom is -0.378 e. The van der Waals surface area contributed by atoms with Gasteiger partial charge in [0.2, 0.25) is 11.8 Å². The van der Waals surface area contributed by atoms with Gasteiger partial charge in [0, 0.05) is 32.6 Å². The van der Waals surface area contributed by atoms with Gasteiger partial charge in [-0.3, -0.25) is 14.5 Å². The van der Waals surface area contributed by atoms with Gasteiger partial charge in [-0.15, -0.1) is 0 Å². The molecule has 0 bridgehead atoms. The minimum atomic E-state index is 0.00589. The molecule has 1 N–H and O–H groups in total. The van der Waals surface area contributed by atoms with Crippen LogP contribution in [0.2, 0.25) is 0 Å². The van der Waals surface area contributed by atoms with Crippen LogP contribution in [0.1, 0.15) is 19.8 Å². The van der Waals surface area contributed by atoms with Crippen molar-refractivity contribution in [1.82, 2.24) is 15.1 Å². The van der Waals surface area contributed by atoms with E-state index in [-0.39, 0.29) is 17.9 Å². The number of morpholine rings is 1. The molecule has 0 radical (unpaired) electrons. The molecular formula is C13H23N3O3. The molecule has 2 heterocycles. The monoisotopic (exact) mass is 269 g/mol. The van der Waals surface area contributed by atoms with Crippen molar-refractivity contribution in [2.24, 2.45) is 0 Å². The van der Waals surface area contributed by atoms with E-state index in [2.05, 4.69) is 10.2 Å². The Kier molecular flexibility index (Phi) is 5.15. The van der Waals surface area contributed by atoms with Crippen LogP contribution in [0, 0.1) is 0 Å². The Morgan fingerprint density at radius 3 is 2.68 bits per heavy atom. The fourth-order valence-corrected chi connectivity index (χ4v) is 2.71. The van der Waals surface area contributed by atoms with Gasteiger partial charge in [-0.25, -0.2) is 0 Å². The fourth-order valence-electron chi connectivity index (χ4n) is 2.71. The van der Waals surface area contributed by atoms with E-state index in [4.69, 9.17) is 4.74 Å². The number of ether oxygens (including phenoxy) is 1. The molecule has 0 aromatic heterocycles. The molecule has 0 aromatic carbocycles. The Balaban J connectivity index is 1.77. The maximum absolute atomic E-state index is 12.1. The van der Waals surface area contributed by atoms with Crippen LogP contribution < -0.4 is 5.32 Å². The Labute approximate surface area is 114 Å². The van der Waals surface area contributed by atoms with Crippen molar-refractivity contribution < 1.29 is 14.3 Å². The van der Waals surface area contributed by atoms with Gasteiger partial charge in [0.25, 0.3) is 0 Å². The number of hydrogen-bond donors (Lipinski definition) is 1. The maximum atomic E-state index is 12.1. The summed E-state index contributed by atoms with van der Waals surface area (Å²) in [7, 11) is 0. The number of nitrogens with zero attached hydrogens (tertiary/aromatic N) is 2. The average molecular weight is 269 g/mol. The quantitative estimate of drug-likeness (QED) is 0.746. The van der Waals surface area contributed by atoms with Crippen molar-refractivity contribution in [3.63, 3.8) is 0 Å². The van der Waals surface area contributed by atoms with E-state index in [9.17, 15) is 9.59 Å². The molecule has 19 heavy (non-hydrogen) atoms. The van der Waals surface area contributed by atoms with Crippen LogP contribution in [0.4, 0.5) is 0 Å². The van der Waals surface area contributed by atoms with Crippen LogP contribution in [-0.4, -0.2) is 73.6 Å². The second-order valence-electron chi connectivity index (χ2n) is 5.27. The first-order valence-electron chi connectivity index (χ1n) is 7.00. The van der Waals surface area contributed by atoms with Gasteiger partial charge in [-0.1, -0.05) is 0 Å². The van der Waals surface area contributed by atoms with Gasteiger partial charge in [-0.2, -0.15) is 0 Å². The lowest BCUT2D eigenvalue weighted by Crippen LogP contribution is -2.51. The van der Waals surface area contributed by atoms with E-state index in [0.29, 0.717) is 32.8 Å². The Morgan fingerprint density at radius 1 is 1.26 bits per heavy atom. The smallest absolute Gasteiger partial charge is 0.236 e. The van der Waals surface area contributed by atoms with Crippen LogP contribution in [0.3, 0.4) is 0 Å². The van der Waals surface area contributed by atoms with Crippen molar-refractivity contribution in [3.8, 4) is 0 Å². The second-order valence-corrected chi connectivity index (χ2v) is 5.27. The summed E-state index contributed by atoms with van der Waals surface area (Å²) in [5.74, 6) is 0.179. The second kappa shape index (κ2) is 6.86. The number of carbonyl (C=O) groups excluding carboxylic acids is 2. The zero-order chi connectivity index (χ0) is 13.7. The number of nitrogens with one attached hydrogen (secondary N) is 1. The van der Waals surface area contributed by atoms with Crippen LogP contribution in [0.25, 0.3) is 0 Å². The maximum Gasteiger partial charge on any atom is 0.236 e. The molecule has 2 amide bonds. The third-order valence-electron chi connectivity index (χ3n) is 3.64. The molecule has 0 aliphatic carbocycles. The molecule has 2 aliphatic rings. The van der Waals surface area contributed by atoms with E-state index < -0.39 is 0 Å². The van der Waals surface area contributed by atoms with Crippen molar-refractivity contribution in [1.29, 1.82) is 0 Å². The molecule has 2 aliphatic heterocycles. The number of amides is 2. The van der Waals surface area contributed by atoms with Gasteiger partial charge in [0.15, 0.2) is 0 Å². The third-order valence-corrected chi connectivity index (χ3v) is 3.64. The molecule has 2 rings (SSSR count). The molecule has 0 spiro atoms. The van der Waals surface area contributed by atoms with Crippen molar-refractivity contribution in [2.75, 3.05) is 45.9 Å². The highest BCUT2D eigenvalue weighted by molar-refractivity contribution is 5.78. The zero-order valence-corrected chi connectivity index (χ0v) is 11.6. The Hall–Kier alpha value is -1.14. The predicted octanol–water partition coefficient (Wildman–Crippen LogP) is -0.554. The molecule has 6 heteroatoms. The van der Waals surface area contributed by atoms with Crippen LogP contribution >= 0.6 is 0 Å². The van der Waals surface area contributed by atoms with Crippen molar-refractivity contribution in [3.05, 3.63) is 0 Å². The summed E-state index contributed by atoms with van der Waals surface area (Å²) in [5.41, 5.74) is 0. The largest absolute Gasteiger partial charge is 0.378 e. The van der Waals surface area contributed by atoms with Gasteiger partial charge < -0.3 is 15.0 Å².